The molecule has 1 saturated heterocycles. The van der Waals surface area contributed by atoms with Crippen molar-refractivity contribution >= 4 is 22.9 Å². The number of anilines is 2. The summed E-state index contributed by atoms with van der Waals surface area (Å²) in [5.41, 5.74) is 3.08. The molecule has 2 aromatic carbocycles. The van der Waals surface area contributed by atoms with E-state index >= 15 is 0 Å². The molecule has 0 unspecified atom stereocenters. The summed E-state index contributed by atoms with van der Waals surface area (Å²) in [5, 5.41) is 2.79. The fraction of sp³-hybridized carbons (Fsp3) is 0.211. The van der Waals surface area contributed by atoms with Gasteiger partial charge in [-0.15, -0.1) is 0 Å². The van der Waals surface area contributed by atoms with E-state index in [0.717, 1.165) is 26.2 Å². The number of nitrogens with zero attached hydrogens (tertiary/aromatic N) is 2. The maximum Gasteiger partial charge on any atom is 0.257 e. The molecule has 24 heavy (non-hydrogen) atoms. The standard InChI is InChI=1S/C19H18FN3O/c20-14-6-7-18-16(12-14)17(19(24)21-18)13-22-8-10-23(11-9-22)15-4-2-1-3-5-15/h1-7,12-13H,8-11H2,(H,21,24)/b17-13+. The zero-order valence-electron chi connectivity index (χ0n) is 13.2. The summed E-state index contributed by atoms with van der Waals surface area (Å²) in [6, 6.07) is 14.7. The largest absolute Gasteiger partial charge is 0.373 e. The summed E-state index contributed by atoms with van der Waals surface area (Å²) in [5.74, 6) is -0.494. The Morgan fingerprint density at radius 3 is 2.50 bits per heavy atom. The van der Waals surface area contributed by atoms with Crippen molar-refractivity contribution in [3.05, 3.63) is 66.1 Å². The van der Waals surface area contributed by atoms with Crippen molar-refractivity contribution in [3.63, 3.8) is 0 Å². The van der Waals surface area contributed by atoms with Crippen LogP contribution in [0.2, 0.25) is 0 Å². The van der Waals surface area contributed by atoms with E-state index in [1.165, 1.54) is 17.8 Å². The lowest BCUT2D eigenvalue weighted by Crippen LogP contribution is -2.44. The van der Waals surface area contributed by atoms with Gasteiger partial charge in [0.25, 0.3) is 5.91 Å². The molecule has 0 radical (unpaired) electrons. The van der Waals surface area contributed by atoms with E-state index in [-0.39, 0.29) is 11.7 Å². The van der Waals surface area contributed by atoms with Crippen LogP contribution in [0.15, 0.2) is 54.7 Å². The minimum atomic E-state index is -0.329. The minimum Gasteiger partial charge on any atom is -0.373 e. The van der Waals surface area contributed by atoms with Crippen LogP contribution >= 0.6 is 0 Å². The molecule has 5 heteroatoms. The number of rotatable bonds is 2. The molecule has 4 rings (SSSR count). The first kappa shape index (κ1) is 14.8. The maximum atomic E-state index is 13.5. The number of hydrogen-bond donors (Lipinski definition) is 1. The van der Waals surface area contributed by atoms with Crippen molar-refractivity contribution in [2.75, 3.05) is 36.4 Å². The predicted molar refractivity (Wildman–Crippen MR) is 93.2 cm³/mol. The average Bonchev–Trinajstić information content (AvgIpc) is 2.92. The molecular weight excluding hydrogens is 305 g/mol. The summed E-state index contributed by atoms with van der Waals surface area (Å²) in [7, 11) is 0. The fourth-order valence-corrected chi connectivity index (χ4v) is 3.22. The third-order valence-electron chi connectivity index (χ3n) is 4.51. The van der Waals surface area contributed by atoms with Crippen molar-refractivity contribution < 1.29 is 9.18 Å². The van der Waals surface area contributed by atoms with Crippen molar-refractivity contribution in [1.82, 2.24) is 4.90 Å². The second kappa shape index (κ2) is 6.00. The van der Waals surface area contributed by atoms with Crippen LogP contribution in [-0.2, 0) is 4.79 Å². The van der Waals surface area contributed by atoms with Gasteiger partial charge in [-0.3, -0.25) is 4.79 Å². The number of halogens is 1. The number of amides is 1. The predicted octanol–water partition coefficient (Wildman–Crippen LogP) is 2.94. The summed E-state index contributed by atoms with van der Waals surface area (Å²) in [6.07, 6.45) is 1.86. The molecule has 1 N–H and O–H groups in total. The first-order valence-corrected chi connectivity index (χ1v) is 8.08. The highest BCUT2D eigenvalue weighted by atomic mass is 19.1. The Kier molecular flexibility index (Phi) is 3.69. The lowest BCUT2D eigenvalue weighted by Gasteiger charge is -2.35. The number of hydrogen-bond acceptors (Lipinski definition) is 3. The Morgan fingerprint density at radius 1 is 1.00 bits per heavy atom. The van der Waals surface area contributed by atoms with Gasteiger partial charge in [0.15, 0.2) is 0 Å². The zero-order chi connectivity index (χ0) is 16.5. The van der Waals surface area contributed by atoms with Crippen LogP contribution in [0.3, 0.4) is 0 Å². The van der Waals surface area contributed by atoms with E-state index in [1.807, 2.05) is 24.4 Å². The molecule has 1 fully saturated rings. The van der Waals surface area contributed by atoms with E-state index in [1.54, 1.807) is 6.07 Å². The highest BCUT2D eigenvalue weighted by molar-refractivity contribution is 6.31. The molecule has 2 aliphatic heterocycles. The molecular formula is C19H18FN3O. The topological polar surface area (TPSA) is 35.6 Å². The smallest absolute Gasteiger partial charge is 0.257 e. The molecule has 2 aliphatic rings. The molecule has 2 heterocycles. The molecule has 0 spiro atoms. The summed E-state index contributed by atoms with van der Waals surface area (Å²) in [4.78, 5) is 16.6. The van der Waals surface area contributed by atoms with Gasteiger partial charge in [0, 0.05) is 49.3 Å². The summed E-state index contributed by atoms with van der Waals surface area (Å²) < 4.78 is 13.5. The Labute approximate surface area is 140 Å². The number of piperazine rings is 1. The Hall–Kier alpha value is -2.82. The van der Waals surface area contributed by atoms with E-state index in [9.17, 15) is 9.18 Å². The molecule has 0 atom stereocenters. The molecule has 0 saturated carbocycles. The lowest BCUT2D eigenvalue weighted by molar-refractivity contribution is -0.110. The summed E-state index contributed by atoms with van der Waals surface area (Å²) in [6.45, 7) is 3.45. The normalized spacial score (nSPS) is 18.7. The van der Waals surface area contributed by atoms with Crippen molar-refractivity contribution in [3.8, 4) is 0 Å². The van der Waals surface area contributed by atoms with Gasteiger partial charge < -0.3 is 15.1 Å². The number of carbonyl (C=O) groups excluding carboxylic acids is 1. The molecule has 2 aromatic rings. The molecule has 0 aliphatic carbocycles. The van der Waals surface area contributed by atoms with Crippen molar-refractivity contribution in [2.45, 2.75) is 0 Å². The quantitative estimate of drug-likeness (QED) is 0.863. The fourth-order valence-electron chi connectivity index (χ4n) is 3.22. The number of carbonyl (C=O) groups is 1. The van der Waals surface area contributed by atoms with Gasteiger partial charge in [0.05, 0.1) is 5.57 Å². The first-order valence-electron chi connectivity index (χ1n) is 8.08. The molecule has 4 nitrogen and oxygen atoms in total. The molecule has 122 valence electrons. The average molecular weight is 323 g/mol. The van der Waals surface area contributed by atoms with Crippen LogP contribution in [0.4, 0.5) is 15.8 Å². The first-order chi connectivity index (χ1) is 11.7. The van der Waals surface area contributed by atoms with Crippen LogP contribution in [0.25, 0.3) is 5.57 Å². The van der Waals surface area contributed by atoms with E-state index < -0.39 is 0 Å². The van der Waals surface area contributed by atoms with Gasteiger partial charge in [0.2, 0.25) is 0 Å². The maximum absolute atomic E-state index is 13.5. The lowest BCUT2D eigenvalue weighted by atomic mass is 10.1. The monoisotopic (exact) mass is 323 g/mol. The van der Waals surface area contributed by atoms with Crippen LogP contribution in [0.1, 0.15) is 5.56 Å². The van der Waals surface area contributed by atoms with Gasteiger partial charge >= 0.3 is 0 Å². The summed E-state index contributed by atoms with van der Waals surface area (Å²) >= 11 is 0. The van der Waals surface area contributed by atoms with Crippen LogP contribution < -0.4 is 10.2 Å². The Balaban J connectivity index is 1.50. The highest BCUT2D eigenvalue weighted by Gasteiger charge is 2.26. The number of fused-ring (bicyclic) bond motifs is 1. The molecule has 0 bridgehead atoms. The van der Waals surface area contributed by atoms with Crippen LogP contribution in [0.5, 0.6) is 0 Å². The van der Waals surface area contributed by atoms with Crippen LogP contribution in [0, 0.1) is 5.82 Å². The molecule has 0 aromatic heterocycles. The minimum absolute atomic E-state index is 0.166. The molecule has 1 amide bonds. The number of nitrogens with one attached hydrogen (secondary N) is 1. The number of para-hydroxylation sites is 1. The van der Waals surface area contributed by atoms with E-state index in [4.69, 9.17) is 0 Å². The Morgan fingerprint density at radius 2 is 1.75 bits per heavy atom. The van der Waals surface area contributed by atoms with Gasteiger partial charge in [0.1, 0.15) is 5.82 Å². The van der Waals surface area contributed by atoms with E-state index in [0.29, 0.717) is 16.8 Å². The third kappa shape index (κ3) is 2.73. The van der Waals surface area contributed by atoms with Crippen molar-refractivity contribution in [2.24, 2.45) is 0 Å². The second-order valence-corrected chi connectivity index (χ2v) is 6.05. The Bertz CT molecular complexity index is 796. The van der Waals surface area contributed by atoms with Gasteiger partial charge in [-0.25, -0.2) is 4.39 Å². The van der Waals surface area contributed by atoms with Crippen LogP contribution in [-0.4, -0.2) is 37.0 Å². The zero-order valence-corrected chi connectivity index (χ0v) is 13.2. The third-order valence-corrected chi connectivity index (χ3v) is 4.51. The van der Waals surface area contributed by atoms with E-state index in [2.05, 4.69) is 27.2 Å². The number of benzene rings is 2. The van der Waals surface area contributed by atoms with Gasteiger partial charge in [-0.1, -0.05) is 18.2 Å². The van der Waals surface area contributed by atoms with Gasteiger partial charge in [-0.2, -0.15) is 0 Å². The second-order valence-electron chi connectivity index (χ2n) is 6.05. The van der Waals surface area contributed by atoms with Gasteiger partial charge in [-0.05, 0) is 30.3 Å². The highest BCUT2D eigenvalue weighted by Crippen LogP contribution is 2.32. The van der Waals surface area contributed by atoms with Crippen molar-refractivity contribution in [1.29, 1.82) is 0 Å². The SMILES string of the molecule is O=C1Nc2ccc(F)cc2/C1=C\N1CCN(c2ccccc2)CC1.